The summed E-state index contributed by atoms with van der Waals surface area (Å²) in [5.41, 5.74) is 0.568. The molecule has 1 amide bonds. The van der Waals surface area contributed by atoms with Crippen LogP contribution in [0.5, 0.6) is 0 Å². The third kappa shape index (κ3) is 3.43. The van der Waals surface area contributed by atoms with E-state index >= 15 is 0 Å². The average molecular weight is 332 g/mol. The second-order valence-electron chi connectivity index (χ2n) is 4.82. The van der Waals surface area contributed by atoms with E-state index in [1.54, 1.807) is 30.2 Å². The van der Waals surface area contributed by atoms with E-state index in [0.29, 0.717) is 48.6 Å². The van der Waals surface area contributed by atoms with Gasteiger partial charge in [0.25, 0.3) is 0 Å². The van der Waals surface area contributed by atoms with E-state index in [2.05, 4.69) is 27.0 Å². The lowest BCUT2D eigenvalue weighted by Crippen LogP contribution is -2.39. The van der Waals surface area contributed by atoms with Crippen molar-refractivity contribution in [2.75, 3.05) is 13.2 Å². The quantitative estimate of drug-likeness (QED) is 0.744. The van der Waals surface area contributed by atoms with E-state index in [9.17, 15) is 4.79 Å². The normalized spacial score (nSPS) is 13.0. The molecular formula is C15H14ClN5O2. The lowest BCUT2D eigenvalue weighted by atomic mass is 10.3. The van der Waals surface area contributed by atoms with E-state index in [1.807, 2.05) is 4.57 Å². The minimum absolute atomic E-state index is 0.336. The summed E-state index contributed by atoms with van der Waals surface area (Å²) in [6.07, 6.45) is 1.26. The maximum atomic E-state index is 11.8. The largest absolute Gasteiger partial charge is 0.450 e. The average Bonchev–Trinajstić information content (AvgIpc) is 2.95. The van der Waals surface area contributed by atoms with Crippen LogP contribution in [0.1, 0.15) is 24.3 Å². The molecule has 118 valence electrons. The Morgan fingerprint density at radius 3 is 3.04 bits per heavy atom. The van der Waals surface area contributed by atoms with Gasteiger partial charge in [0.15, 0.2) is 5.82 Å². The number of pyridine rings is 1. The van der Waals surface area contributed by atoms with Gasteiger partial charge >= 0.3 is 6.09 Å². The van der Waals surface area contributed by atoms with Crippen LogP contribution >= 0.6 is 11.6 Å². The topological polar surface area (TPSA) is 73.1 Å². The van der Waals surface area contributed by atoms with E-state index in [1.165, 1.54) is 0 Å². The Bertz CT molecular complexity index is 793. The van der Waals surface area contributed by atoms with Crippen molar-refractivity contribution in [3.8, 4) is 11.8 Å². The number of fused-ring (bicyclic) bond motifs is 1. The second kappa shape index (κ2) is 6.67. The predicted octanol–water partition coefficient (Wildman–Crippen LogP) is 1.70. The number of aromatic nitrogens is 4. The summed E-state index contributed by atoms with van der Waals surface area (Å²) < 4.78 is 6.90. The molecule has 0 N–H and O–H groups in total. The predicted molar refractivity (Wildman–Crippen MR) is 82.7 cm³/mol. The molecule has 3 heterocycles. The van der Waals surface area contributed by atoms with E-state index < -0.39 is 0 Å². The van der Waals surface area contributed by atoms with Crippen molar-refractivity contribution in [2.24, 2.45) is 0 Å². The molecule has 0 radical (unpaired) electrons. The van der Waals surface area contributed by atoms with Gasteiger partial charge < -0.3 is 9.30 Å². The molecule has 0 saturated heterocycles. The standard InChI is InChI=1S/C15H14ClN5O2/c1-2-23-15(22)20-7-8-21-13(18-19-14(21)10-20)4-3-12-9-11(16)5-6-17-12/h5-6,9H,2,7-8,10H2,1H3. The number of amides is 1. The molecular weight excluding hydrogens is 318 g/mol. The number of halogens is 1. The summed E-state index contributed by atoms with van der Waals surface area (Å²) >= 11 is 5.90. The first kappa shape index (κ1) is 15.3. The van der Waals surface area contributed by atoms with Gasteiger partial charge in [-0.25, -0.2) is 9.78 Å². The van der Waals surface area contributed by atoms with Gasteiger partial charge in [0.2, 0.25) is 5.82 Å². The summed E-state index contributed by atoms with van der Waals surface area (Å²) in [5, 5.41) is 8.75. The molecule has 8 heteroatoms. The van der Waals surface area contributed by atoms with Crippen LogP contribution in [-0.2, 0) is 17.8 Å². The molecule has 0 fully saturated rings. The SMILES string of the molecule is CCOC(=O)N1CCn2c(C#Cc3cc(Cl)ccn3)nnc2C1. The molecule has 23 heavy (non-hydrogen) atoms. The molecule has 0 aromatic carbocycles. The van der Waals surface area contributed by atoms with Gasteiger partial charge in [0.1, 0.15) is 5.69 Å². The van der Waals surface area contributed by atoms with Crippen molar-refractivity contribution in [2.45, 2.75) is 20.0 Å². The maximum absolute atomic E-state index is 11.8. The molecule has 0 bridgehead atoms. The number of hydrogen-bond donors (Lipinski definition) is 0. The first-order chi connectivity index (χ1) is 11.2. The number of carbonyl (C=O) groups excluding carboxylic acids is 1. The van der Waals surface area contributed by atoms with Crippen molar-refractivity contribution in [1.29, 1.82) is 0 Å². The number of nitrogens with zero attached hydrogens (tertiary/aromatic N) is 5. The second-order valence-corrected chi connectivity index (χ2v) is 5.26. The van der Waals surface area contributed by atoms with Crippen LogP contribution in [-0.4, -0.2) is 43.9 Å². The molecule has 0 aliphatic carbocycles. The monoisotopic (exact) mass is 331 g/mol. The molecule has 0 atom stereocenters. The molecule has 1 aliphatic heterocycles. The van der Waals surface area contributed by atoms with Crippen molar-refractivity contribution < 1.29 is 9.53 Å². The van der Waals surface area contributed by atoms with Gasteiger partial charge in [-0.05, 0) is 30.9 Å². The Hall–Kier alpha value is -2.59. The third-order valence-corrected chi connectivity index (χ3v) is 3.54. The summed E-state index contributed by atoms with van der Waals surface area (Å²) in [6, 6.07) is 3.38. The highest BCUT2D eigenvalue weighted by atomic mass is 35.5. The van der Waals surface area contributed by atoms with E-state index in [0.717, 1.165) is 0 Å². The minimum Gasteiger partial charge on any atom is -0.450 e. The molecule has 3 rings (SSSR count). The number of hydrogen-bond acceptors (Lipinski definition) is 5. The van der Waals surface area contributed by atoms with Gasteiger partial charge in [-0.3, -0.25) is 4.90 Å². The Morgan fingerprint density at radius 2 is 2.26 bits per heavy atom. The Labute approximate surface area is 138 Å². The van der Waals surface area contributed by atoms with Crippen LogP contribution in [0.25, 0.3) is 0 Å². The minimum atomic E-state index is -0.336. The Balaban J connectivity index is 1.78. The van der Waals surface area contributed by atoms with Crippen molar-refractivity contribution in [1.82, 2.24) is 24.6 Å². The van der Waals surface area contributed by atoms with Gasteiger partial charge in [-0.1, -0.05) is 11.6 Å². The van der Waals surface area contributed by atoms with Crippen molar-refractivity contribution >= 4 is 17.7 Å². The smallest absolute Gasteiger partial charge is 0.410 e. The maximum Gasteiger partial charge on any atom is 0.410 e. The molecule has 0 unspecified atom stereocenters. The lowest BCUT2D eigenvalue weighted by molar-refractivity contribution is 0.0962. The Morgan fingerprint density at radius 1 is 1.39 bits per heavy atom. The van der Waals surface area contributed by atoms with E-state index in [-0.39, 0.29) is 6.09 Å². The summed E-state index contributed by atoms with van der Waals surface area (Å²) in [5.74, 6) is 7.10. The Kier molecular flexibility index (Phi) is 4.44. The zero-order valence-corrected chi connectivity index (χ0v) is 13.2. The van der Waals surface area contributed by atoms with Gasteiger partial charge in [-0.2, -0.15) is 0 Å². The van der Waals surface area contributed by atoms with Crippen LogP contribution in [0.2, 0.25) is 5.02 Å². The molecule has 0 saturated carbocycles. The van der Waals surface area contributed by atoms with Crippen molar-refractivity contribution in [3.05, 3.63) is 40.7 Å². The third-order valence-electron chi connectivity index (χ3n) is 3.30. The highest BCUT2D eigenvalue weighted by Gasteiger charge is 2.24. The van der Waals surface area contributed by atoms with Crippen LogP contribution < -0.4 is 0 Å². The van der Waals surface area contributed by atoms with Crippen LogP contribution in [0, 0.1) is 11.8 Å². The van der Waals surface area contributed by atoms with Crippen LogP contribution in [0.4, 0.5) is 4.79 Å². The summed E-state index contributed by atoms with van der Waals surface area (Å²) in [4.78, 5) is 17.5. The summed E-state index contributed by atoms with van der Waals surface area (Å²) in [6.45, 7) is 3.61. The molecule has 7 nitrogen and oxygen atoms in total. The lowest BCUT2D eigenvalue weighted by Gasteiger charge is -2.26. The molecule has 2 aromatic heterocycles. The zero-order chi connectivity index (χ0) is 16.2. The van der Waals surface area contributed by atoms with Gasteiger partial charge in [0, 0.05) is 24.3 Å². The fourth-order valence-electron chi connectivity index (χ4n) is 2.21. The highest BCUT2D eigenvalue weighted by molar-refractivity contribution is 6.30. The number of carbonyl (C=O) groups is 1. The van der Waals surface area contributed by atoms with Crippen molar-refractivity contribution in [3.63, 3.8) is 0 Å². The van der Waals surface area contributed by atoms with E-state index in [4.69, 9.17) is 16.3 Å². The molecule has 1 aliphatic rings. The summed E-state index contributed by atoms with van der Waals surface area (Å²) in [7, 11) is 0. The van der Waals surface area contributed by atoms with Gasteiger partial charge in [-0.15, -0.1) is 10.2 Å². The first-order valence-corrected chi connectivity index (χ1v) is 7.52. The number of rotatable bonds is 1. The fraction of sp³-hybridized carbons (Fsp3) is 0.333. The first-order valence-electron chi connectivity index (χ1n) is 7.14. The fourth-order valence-corrected chi connectivity index (χ4v) is 2.37. The molecule has 0 spiro atoms. The van der Waals surface area contributed by atoms with Crippen LogP contribution in [0.3, 0.4) is 0 Å². The zero-order valence-electron chi connectivity index (χ0n) is 12.5. The van der Waals surface area contributed by atoms with Gasteiger partial charge in [0.05, 0.1) is 13.2 Å². The van der Waals surface area contributed by atoms with Crippen LogP contribution in [0.15, 0.2) is 18.3 Å². The highest BCUT2D eigenvalue weighted by Crippen LogP contribution is 2.13. The number of ether oxygens (including phenoxy) is 1. The molecule has 2 aromatic rings.